The highest BCUT2D eigenvalue weighted by atomic mass is 16.8. The number of hydrogen-bond donors (Lipinski definition) is 10. The molecule has 0 aromatic carbocycles. The zero-order valence-electron chi connectivity index (χ0n) is 18.9. The van der Waals surface area contributed by atoms with Gasteiger partial charge in [-0.15, -0.1) is 0 Å². The maximum absolute atomic E-state index is 12.0. The van der Waals surface area contributed by atoms with Crippen LogP contribution in [-0.4, -0.2) is 162 Å². The first-order valence-corrected chi connectivity index (χ1v) is 11.4. The largest absolute Gasteiger partial charge is 0.394 e. The molecular weight excluding hydrogens is 496 g/mol. The summed E-state index contributed by atoms with van der Waals surface area (Å²) >= 11 is 0. The van der Waals surface area contributed by atoms with Crippen LogP contribution in [0.25, 0.3) is 0 Å². The molecule has 3 saturated heterocycles. The molecule has 4 rings (SSSR count). The van der Waals surface area contributed by atoms with Crippen LogP contribution in [0.3, 0.4) is 0 Å². The Kier molecular flexibility index (Phi) is 8.06. The standard InChI is InChI=1S/C20H32O16/c21-2-7-10(24)12(26)13(27)18(34-7)32-5-19(31)1-6-16(29)20(6,35-9(19)4-23)36-15-11(25)8(3-22)33-17(30)14(15)28/h6-11,13-18,21-25,27-31H,1-5H2/t6?,7?,8?,9?,10?,11-,13?,14?,15?,16?,17-,18-,19-,20?/m1/s1. The van der Waals surface area contributed by atoms with Gasteiger partial charge >= 0.3 is 0 Å². The van der Waals surface area contributed by atoms with Crippen LogP contribution in [0, 0.1) is 5.92 Å². The predicted molar refractivity (Wildman–Crippen MR) is 107 cm³/mol. The highest BCUT2D eigenvalue weighted by Gasteiger charge is 2.75. The molecule has 10 unspecified atom stereocenters. The smallest absolute Gasteiger partial charge is 0.201 e. The number of carbonyl (C=O) groups excluding carboxylic acids is 1. The Morgan fingerprint density at radius 3 is 2.17 bits per heavy atom. The van der Waals surface area contributed by atoms with Gasteiger partial charge in [-0.2, -0.15) is 0 Å². The number of ether oxygens (including phenoxy) is 5. The van der Waals surface area contributed by atoms with E-state index in [1.54, 1.807) is 0 Å². The number of ketones is 1. The van der Waals surface area contributed by atoms with Crippen LogP contribution >= 0.6 is 0 Å². The Labute approximate surface area is 203 Å². The molecule has 0 spiro atoms. The van der Waals surface area contributed by atoms with Gasteiger partial charge in [0.2, 0.25) is 5.79 Å². The molecule has 16 heteroatoms. The molecule has 36 heavy (non-hydrogen) atoms. The van der Waals surface area contributed by atoms with Crippen molar-refractivity contribution in [3.05, 3.63) is 0 Å². The summed E-state index contributed by atoms with van der Waals surface area (Å²) in [5.41, 5.74) is -2.01. The van der Waals surface area contributed by atoms with Crippen LogP contribution in [0.4, 0.5) is 0 Å². The van der Waals surface area contributed by atoms with Gasteiger partial charge in [0.1, 0.15) is 54.4 Å². The van der Waals surface area contributed by atoms with Crippen molar-refractivity contribution in [2.24, 2.45) is 5.92 Å². The molecule has 3 heterocycles. The predicted octanol–water partition coefficient (Wildman–Crippen LogP) is -6.97. The summed E-state index contributed by atoms with van der Waals surface area (Å²) in [6, 6.07) is 0. The summed E-state index contributed by atoms with van der Waals surface area (Å²) in [7, 11) is 0. The van der Waals surface area contributed by atoms with Crippen molar-refractivity contribution in [3.63, 3.8) is 0 Å². The molecule has 4 fully saturated rings. The van der Waals surface area contributed by atoms with Gasteiger partial charge in [-0.3, -0.25) is 4.79 Å². The first kappa shape index (κ1) is 28.1. The number of fused-ring (bicyclic) bond motifs is 1. The van der Waals surface area contributed by atoms with Crippen LogP contribution in [0.15, 0.2) is 0 Å². The fourth-order valence-corrected chi connectivity index (χ4v) is 4.92. The van der Waals surface area contributed by atoms with Gasteiger partial charge in [0, 0.05) is 5.92 Å². The molecular formula is C20H32O16. The highest BCUT2D eigenvalue weighted by Crippen LogP contribution is 2.58. The van der Waals surface area contributed by atoms with Crippen LogP contribution in [0.1, 0.15) is 6.42 Å². The maximum atomic E-state index is 12.0. The van der Waals surface area contributed by atoms with Crippen LogP contribution in [0.5, 0.6) is 0 Å². The van der Waals surface area contributed by atoms with E-state index in [1.165, 1.54) is 0 Å². The van der Waals surface area contributed by atoms with Crippen LogP contribution in [0.2, 0.25) is 0 Å². The monoisotopic (exact) mass is 528 g/mol. The number of carbonyl (C=O) groups is 1. The lowest BCUT2D eigenvalue weighted by molar-refractivity contribution is -0.355. The first-order valence-electron chi connectivity index (χ1n) is 11.4. The number of rotatable bonds is 8. The topological polar surface area (TPSA) is 266 Å². The maximum Gasteiger partial charge on any atom is 0.201 e. The van der Waals surface area contributed by atoms with E-state index in [0.717, 1.165) is 0 Å². The van der Waals surface area contributed by atoms with Gasteiger partial charge in [-0.05, 0) is 6.42 Å². The summed E-state index contributed by atoms with van der Waals surface area (Å²) in [5.74, 6) is -3.92. The van der Waals surface area contributed by atoms with Crippen molar-refractivity contribution in [2.75, 3.05) is 26.4 Å². The van der Waals surface area contributed by atoms with Crippen LogP contribution in [-0.2, 0) is 28.5 Å². The summed E-state index contributed by atoms with van der Waals surface area (Å²) < 4.78 is 26.8. The van der Waals surface area contributed by atoms with E-state index < -0.39 is 117 Å². The lowest BCUT2D eigenvalue weighted by atomic mass is 9.88. The fourth-order valence-electron chi connectivity index (χ4n) is 4.92. The quantitative estimate of drug-likeness (QED) is 0.140. The van der Waals surface area contributed by atoms with Gasteiger partial charge < -0.3 is 74.7 Å². The van der Waals surface area contributed by atoms with E-state index in [4.69, 9.17) is 23.7 Å². The van der Waals surface area contributed by atoms with Crippen molar-refractivity contribution in [2.45, 2.75) is 85.3 Å². The van der Waals surface area contributed by atoms with Crippen molar-refractivity contribution >= 4 is 5.78 Å². The minimum absolute atomic E-state index is 0.316. The molecule has 0 aromatic heterocycles. The minimum atomic E-state index is -2.01. The zero-order chi connectivity index (χ0) is 26.6. The summed E-state index contributed by atoms with van der Waals surface area (Å²) in [4.78, 5) is 12.0. The molecule has 0 aromatic rings. The number of hydrogen-bond acceptors (Lipinski definition) is 16. The fraction of sp³-hybridized carbons (Fsp3) is 0.950. The molecule has 1 saturated carbocycles. The average molecular weight is 528 g/mol. The van der Waals surface area contributed by atoms with E-state index in [9.17, 15) is 55.9 Å². The van der Waals surface area contributed by atoms with E-state index in [2.05, 4.69) is 0 Å². The van der Waals surface area contributed by atoms with Crippen molar-refractivity contribution in [3.8, 4) is 0 Å². The third-order valence-corrected chi connectivity index (χ3v) is 7.21. The SMILES string of the molecule is O=C1C(O)C(CO)O[C@@H](OC[C@]2(O)CC3C(O)C3(OC3C(O)[C@H](O)OC(CO)[C@H]3O)OC2CO)C1O. The highest BCUT2D eigenvalue weighted by molar-refractivity contribution is 5.88. The van der Waals surface area contributed by atoms with E-state index in [0.29, 0.717) is 0 Å². The number of Topliss-reactive ketones (excluding diaryl/α,β-unsaturated/α-hetero) is 1. The Bertz CT molecular complexity index is 800. The summed E-state index contributed by atoms with van der Waals surface area (Å²) in [6.45, 7) is -2.98. The molecule has 4 aliphatic rings. The third kappa shape index (κ3) is 4.59. The second-order valence-corrected chi connectivity index (χ2v) is 9.51. The Balaban J connectivity index is 1.45. The van der Waals surface area contributed by atoms with Crippen molar-refractivity contribution < 1.29 is 79.5 Å². The molecule has 10 N–H and O–H groups in total. The Morgan fingerprint density at radius 2 is 1.56 bits per heavy atom. The molecule has 1 aliphatic carbocycles. The lowest BCUT2D eigenvalue weighted by Crippen LogP contribution is -2.63. The normalized spacial score (nSPS) is 53.2. The van der Waals surface area contributed by atoms with Crippen molar-refractivity contribution in [1.82, 2.24) is 0 Å². The lowest BCUT2D eigenvalue weighted by Gasteiger charge is -2.45. The molecule has 0 amide bonds. The van der Waals surface area contributed by atoms with Gasteiger partial charge in [-0.25, -0.2) is 0 Å². The van der Waals surface area contributed by atoms with Gasteiger partial charge in [0.25, 0.3) is 0 Å². The summed E-state index contributed by atoms with van der Waals surface area (Å²) in [5, 5.41) is 100. The Morgan fingerprint density at radius 1 is 0.889 bits per heavy atom. The Hall–Kier alpha value is -0.930. The molecule has 16 nitrogen and oxygen atoms in total. The number of aliphatic hydroxyl groups excluding tert-OH is 9. The molecule has 3 aliphatic heterocycles. The van der Waals surface area contributed by atoms with Gasteiger partial charge in [0.05, 0.1) is 26.4 Å². The average Bonchev–Trinajstić information content (AvgIpc) is 3.42. The second-order valence-electron chi connectivity index (χ2n) is 9.51. The molecule has 14 atom stereocenters. The minimum Gasteiger partial charge on any atom is -0.394 e. The first-order chi connectivity index (χ1) is 16.9. The second kappa shape index (κ2) is 10.3. The summed E-state index contributed by atoms with van der Waals surface area (Å²) in [6.07, 6.45) is -18.1. The zero-order valence-corrected chi connectivity index (χ0v) is 18.9. The van der Waals surface area contributed by atoms with Gasteiger partial charge in [0.15, 0.2) is 24.5 Å². The van der Waals surface area contributed by atoms with E-state index in [-0.39, 0.29) is 6.42 Å². The third-order valence-electron chi connectivity index (χ3n) is 7.21. The van der Waals surface area contributed by atoms with Gasteiger partial charge in [-0.1, -0.05) is 0 Å². The van der Waals surface area contributed by atoms with Crippen molar-refractivity contribution in [1.29, 1.82) is 0 Å². The number of aliphatic hydroxyl groups is 10. The van der Waals surface area contributed by atoms with E-state index >= 15 is 0 Å². The van der Waals surface area contributed by atoms with Crippen LogP contribution < -0.4 is 0 Å². The molecule has 0 radical (unpaired) electrons. The van der Waals surface area contributed by atoms with E-state index in [1.807, 2.05) is 0 Å². The molecule has 208 valence electrons. The molecule has 0 bridgehead atoms.